The third kappa shape index (κ3) is 2.92. The molecule has 9 nitrogen and oxygen atoms in total. The van der Waals surface area contributed by atoms with Crippen molar-refractivity contribution in [3.8, 4) is 5.88 Å². The van der Waals surface area contributed by atoms with E-state index in [2.05, 4.69) is 36.6 Å². The highest BCUT2D eigenvalue weighted by Gasteiger charge is 2.30. The van der Waals surface area contributed by atoms with E-state index < -0.39 is 0 Å². The number of fused-ring (bicyclic) bond motifs is 2. The Kier molecular flexibility index (Phi) is 4.25. The van der Waals surface area contributed by atoms with Gasteiger partial charge in [-0.25, -0.2) is 4.98 Å². The molecule has 0 bridgehead atoms. The van der Waals surface area contributed by atoms with Crippen LogP contribution in [0.4, 0.5) is 17.5 Å². The van der Waals surface area contributed by atoms with Crippen molar-refractivity contribution >= 4 is 28.5 Å². The molecule has 0 atom stereocenters. The van der Waals surface area contributed by atoms with E-state index in [1.54, 1.807) is 7.11 Å². The third-order valence-corrected chi connectivity index (χ3v) is 5.39. The highest BCUT2D eigenvalue weighted by Crippen LogP contribution is 2.32. The van der Waals surface area contributed by atoms with Crippen LogP contribution in [0.1, 0.15) is 11.3 Å². The minimum absolute atomic E-state index is 0.486. The molecule has 28 heavy (non-hydrogen) atoms. The van der Waals surface area contributed by atoms with Crippen LogP contribution in [0.25, 0.3) is 11.0 Å². The predicted octanol–water partition coefficient (Wildman–Crippen LogP) is 1.90. The number of rotatable bonds is 5. The van der Waals surface area contributed by atoms with Crippen LogP contribution >= 0.6 is 0 Å². The fourth-order valence-electron chi connectivity index (χ4n) is 3.77. The number of methoxy groups -OCH3 is 1. The molecule has 3 aromatic heterocycles. The molecule has 5 rings (SSSR count). The summed E-state index contributed by atoms with van der Waals surface area (Å²) in [5.74, 6) is 1.80. The second kappa shape index (κ2) is 6.92. The highest BCUT2D eigenvalue weighted by atomic mass is 16.5. The molecule has 0 amide bonds. The summed E-state index contributed by atoms with van der Waals surface area (Å²) in [5.41, 5.74) is 3.83. The monoisotopic (exact) mass is 381 g/mol. The molecule has 2 aliphatic heterocycles. The average Bonchev–Trinajstić information content (AvgIpc) is 3.14. The molecule has 3 N–H and O–H groups in total. The van der Waals surface area contributed by atoms with Crippen LogP contribution in [0.15, 0.2) is 18.3 Å². The minimum Gasteiger partial charge on any atom is -0.480 e. The molecule has 1 fully saturated rings. The Morgan fingerprint density at radius 3 is 2.93 bits per heavy atom. The fraction of sp³-hybridized carbons (Fsp3) is 0.421. The molecule has 2 aliphatic rings. The molecule has 0 radical (unpaired) electrons. The van der Waals surface area contributed by atoms with Crippen LogP contribution < -0.4 is 15.4 Å². The molecule has 0 saturated carbocycles. The van der Waals surface area contributed by atoms with Gasteiger partial charge in [-0.3, -0.25) is 4.90 Å². The highest BCUT2D eigenvalue weighted by molar-refractivity contribution is 5.88. The number of aromatic nitrogens is 4. The topological polar surface area (TPSA) is 100 Å². The number of pyridine rings is 1. The molecular weight excluding hydrogens is 358 g/mol. The molecule has 0 spiro atoms. The van der Waals surface area contributed by atoms with Crippen molar-refractivity contribution in [1.82, 2.24) is 24.8 Å². The molecule has 3 aromatic rings. The summed E-state index contributed by atoms with van der Waals surface area (Å²) in [6.07, 6.45) is 2.76. The number of nitrogens with zero attached hydrogens (tertiary/aromatic N) is 4. The lowest BCUT2D eigenvalue weighted by Crippen LogP contribution is -2.50. The van der Waals surface area contributed by atoms with Crippen LogP contribution in [0.3, 0.4) is 0 Å². The van der Waals surface area contributed by atoms with Crippen molar-refractivity contribution in [2.24, 2.45) is 0 Å². The summed E-state index contributed by atoms with van der Waals surface area (Å²) in [4.78, 5) is 19.5. The van der Waals surface area contributed by atoms with Gasteiger partial charge < -0.3 is 25.1 Å². The lowest BCUT2D eigenvalue weighted by Gasteiger charge is -2.39. The third-order valence-electron chi connectivity index (χ3n) is 5.39. The van der Waals surface area contributed by atoms with Gasteiger partial charge in [0.2, 0.25) is 11.8 Å². The van der Waals surface area contributed by atoms with Gasteiger partial charge in [0.1, 0.15) is 17.2 Å². The summed E-state index contributed by atoms with van der Waals surface area (Å²) in [6, 6.07) is 4.57. The molecule has 0 aliphatic carbocycles. The van der Waals surface area contributed by atoms with Gasteiger partial charge in [-0.2, -0.15) is 9.97 Å². The van der Waals surface area contributed by atoms with Crippen molar-refractivity contribution in [3.05, 3.63) is 29.6 Å². The van der Waals surface area contributed by atoms with E-state index in [9.17, 15) is 0 Å². The molecular formula is C19H23N7O2. The first-order valence-electron chi connectivity index (χ1n) is 9.43. The van der Waals surface area contributed by atoms with E-state index in [1.807, 2.05) is 19.3 Å². The van der Waals surface area contributed by atoms with E-state index in [0.29, 0.717) is 17.9 Å². The second-order valence-corrected chi connectivity index (χ2v) is 7.07. The van der Waals surface area contributed by atoms with E-state index in [1.165, 1.54) is 5.56 Å². The number of anilines is 3. The van der Waals surface area contributed by atoms with Gasteiger partial charge >= 0.3 is 0 Å². The van der Waals surface area contributed by atoms with Crippen LogP contribution in [-0.2, 0) is 17.7 Å². The van der Waals surface area contributed by atoms with Gasteiger partial charge in [-0.15, -0.1) is 0 Å². The number of nitrogens with one attached hydrogen (secondary N) is 3. The Bertz CT molecular complexity index is 1010. The number of H-pyrrole nitrogens is 1. The zero-order chi connectivity index (χ0) is 19.1. The number of hydrogen-bond donors (Lipinski definition) is 3. The van der Waals surface area contributed by atoms with E-state index in [0.717, 1.165) is 61.0 Å². The average molecular weight is 381 g/mol. The first-order valence-corrected chi connectivity index (χ1v) is 9.43. The van der Waals surface area contributed by atoms with Gasteiger partial charge in [-0.05, 0) is 17.7 Å². The molecule has 0 unspecified atom stereocenters. The largest absolute Gasteiger partial charge is 0.480 e. The van der Waals surface area contributed by atoms with Crippen LogP contribution in [0, 0.1) is 0 Å². The molecule has 5 heterocycles. The minimum atomic E-state index is 0.486. The van der Waals surface area contributed by atoms with Crippen LogP contribution in [-0.4, -0.2) is 64.8 Å². The predicted molar refractivity (Wildman–Crippen MR) is 106 cm³/mol. The maximum atomic E-state index is 5.53. The molecule has 0 aromatic carbocycles. The standard InChI is InChI=1S/C19H23N7O2/c1-20-16-13-3-5-21-17(13)25-19(24-16)23-15-7-11-8-26(12-9-28-10-12)6-4-14(11)22-18(15)27-2/h3,5,7,12H,4,6,8-10H2,1-2H3,(H3,20,21,23,24,25). The van der Waals surface area contributed by atoms with Crippen LogP contribution in [0.2, 0.25) is 0 Å². The SMILES string of the molecule is CNc1nc(Nc2cc3c(nc2OC)CCN(C2COC2)C3)nc2[nH]ccc12. The van der Waals surface area contributed by atoms with E-state index >= 15 is 0 Å². The summed E-state index contributed by atoms with van der Waals surface area (Å²) in [7, 11) is 3.48. The molecule has 9 heteroatoms. The van der Waals surface area contributed by atoms with E-state index in [4.69, 9.17) is 14.5 Å². The Morgan fingerprint density at radius 1 is 1.29 bits per heavy atom. The van der Waals surface area contributed by atoms with Crippen molar-refractivity contribution in [1.29, 1.82) is 0 Å². The number of aromatic amines is 1. The summed E-state index contributed by atoms with van der Waals surface area (Å²) >= 11 is 0. The number of ether oxygens (including phenoxy) is 2. The first-order chi connectivity index (χ1) is 13.7. The van der Waals surface area contributed by atoms with E-state index in [-0.39, 0.29) is 0 Å². The zero-order valence-electron chi connectivity index (χ0n) is 16.0. The van der Waals surface area contributed by atoms with Crippen molar-refractivity contribution in [3.63, 3.8) is 0 Å². The summed E-state index contributed by atoms with van der Waals surface area (Å²) in [5, 5.41) is 7.35. The molecule has 146 valence electrons. The van der Waals surface area contributed by atoms with Gasteiger partial charge in [0.05, 0.1) is 37.4 Å². The van der Waals surface area contributed by atoms with Gasteiger partial charge in [0.25, 0.3) is 0 Å². The van der Waals surface area contributed by atoms with Gasteiger partial charge in [-0.1, -0.05) is 0 Å². The maximum Gasteiger partial charge on any atom is 0.237 e. The summed E-state index contributed by atoms with van der Waals surface area (Å²) < 4.78 is 10.9. The lowest BCUT2D eigenvalue weighted by atomic mass is 10.0. The normalized spacial score (nSPS) is 17.2. The Labute approximate surface area is 162 Å². The van der Waals surface area contributed by atoms with Gasteiger partial charge in [0.15, 0.2) is 0 Å². The van der Waals surface area contributed by atoms with Crippen LogP contribution in [0.5, 0.6) is 5.88 Å². The van der Waals surface area contributed by atoms with Gasteiger partial charge in [0, 0.05) is 32.8 Å². The Hall–Kier alpha value is -2.91. The molecule has 1 saturated heterocycles. The van der Waals surface area contributed by atoms with Crippen molar-refractivity contribution in [2.75, 3.05) is 44.5 Å². The zero-order valence-corrected chi connectivity index (χ0v) is 16.0. The van der Waals surface area contributed by atoms with Crippen molar-refractivity contribution in [2.45, 2.75) is 19.0 Å². The quantitative estimate of drug-likeness (QED) is 0.616. The lowest BCUT2D eigenvalue weighted by molar-refractivity contribution is -0.0696. The number of hydrogen-bond acceptors (Lipinski definition) is 8. The second-order valence-electron chi connectivity index (χ2n) is 7.07. The Morgan fingerprint density at radius 2 is 2.18 bits per heavy atom. The maximum absolute atomic E-state index is 5.53. The smallest absolute Gasteiger partial charge is 0.237 e. The van der Waals surface area contributed by atoms with Crippen molar-refractivity contribution < 1.29 is 9.47 Å². The first kappa shape index (κ1) is 17.2. The fourth-order valence-corrected chi connectivity index (χ4v) is 3.77. The summed E-state index contributed by atoms with van der Waals surface area (Å²) in [6.45, 7) is 3.51. The Balaban J connectivity index is 1.47.